The predicted octanol–water partition coefficient (Wildman–Crippen LogP) is 1.73. The summed E-state index contributed by atoms with van der Waals surface area (Å²) < 4.78 is 27.2. The van der Waals surface area contributed by atoms with Crippen LogP contribution in [0.3, 0.4) is 0 Å². The first-order chi connectivity index (χ1) is 7.48. The first kappa shape index (κ1) is 11.7. The summed E-state index contributed by atoms with van der Waals surface area (Å²) in [5.41, 5.74) is 0.784. The van der Waals surface area contributed by atoms with E-state index in [9.17, 15) is 8.42 Å². The van der Waals surface area contributed by atoms with Crippen LogP contribution in [0.5, 0.6) is 5.75 Å². The van der Waals surface area contributed by atoms with E-state index in [4.69, 9.17) is 15.4 Å². The average Bonchev–Trinajstić information content (AvgIpc) is 2.99. The second-order valence-electron chi connectivity index (χ2n) is 3.99. The van der Waals surface area contributed by atoms with Crippen molar-refractivity contribution in [2.24, 2.45) is 0 Å². The van der Waals surface area contributed by atoms with Crippen molar-refractivity contribution >= 4 is 19.7 Å². The molecule has 1 aromatic heterocycles. The fraction of sp³-hybridized carbons (Fsp3) is 0.500. The van der Waals surface area contributed by atoms with E-state index in [1.54, 1.807) is 25.6 Å². The van der Waals surface area contributed by atoms with Gasteiger partial charge in [-0.25, -0.2) is 8.42 Å². The summed E-state index contributed by atoms with van der Waals surface area (Å²) in [6, 6.07) is 1.71. The van der Waals surface area contributed by atoms with E-state index < -0.39 is 13.8 Å². The molecule has 4 nitrogen and oxygen atoms in total. The largest absolute Gasteiger partial charge is 0.496 e. The normalized spacial score (nSPS) is 18.1. The van der Waals surface area contributed by atoms with Gasteiger partial charge in [-0.3, -0.25) is 4.98 Å². The highest BCUT2D eigenvalue weighted by Gasteiger charge is 2.54. The molecule has 0 aromatic carbocycles. The number of halogens is 1. The Morgan fingerprint density at radius 2 is 2.25 bits per heavy atom. The van der Waals surface area contributed by atoms with Crippen molar-refractivity contribution in [3.8, 4) is 5.75 Å². The quantitative estimate of drug-likeness (QED) is 0.775. The van der Waals surface area contributed by atoms with E-state index in [1.807, 2.05) is 0 Å². The maximum atomic E-state index is 11.4. The van der Waals surface area contributed by atoms with Gasteiger partial charge in [-0.15, -0.1) is 0 Å². The van der Waals surface area contributed by atoms with Gasteiger partial charge in [-0.1, -0.05) is 0 Å². The van der Waals surface area contributed by atoms with Gasteiger partial charge in [0.05, 0.1) is 11.9 Å². The third-order valence-corrected chi connectivity index (χ3v) is 5.49. The van der Waals surface area contributed by atoms with Crippen molar-refractivity contribution in [2.75, 3.05) is 7.11 Å². The minimum Gasteiger partial charge on any atom is -0.496 e. The van der Waals surface area contributed by atoms with Crippen LogP contribution in [0.4, 0.5) is 0 Å². The van der Waals surface area contributed by atoms with Crippen molar-refractivity contribution in [3.63, 3.8) is 0 Å². The molecule has 0 amide bonds. The molecule has 0 spiro atoms. The molecule has 0 atom stereocenters. The third kappa shape index (κ3) is 2.01. The molecule has 1 aliphatic carbocycles. The molecule has 16 heavy (non-hydrogen) atoms. The maximum Gasteiger partial charge on any atom is 0.238 e. The zero-order valence-electron chi connectivity index (χ0n) is 8.81. The lowest BCUT2D eigenvalue weighted by atomic mass is 10.1. The number of nitrogens with zero attached hydrogens (tertiary/aromatic N) is 1. The number of ether oxygens (including phenoxy) is 1. The number of pyridine rings is 1. The molecular formula is C10H12ClNO3S. The van der Waals surface area contributed by atoms with E-state index in [1.165, 1.54) is 0 Å². The highest BCUT2D eigenvalue weighted by Crippen LogP contribution is 2.48. The van der Waals surface area contributed by atoms with Gasteiger partial charge in [0.1, 0.15) is 5.75 Å². The molecule has 1 aliphatic rings. The maximum absolute atomic E-state index is 11.4. The summed E-state index contributed by atoms with van der Waals surface area (Å²) in [7, 11) is 3.47. The van der Waals surface area contributed by atoms with Crippen LogP contribution in [0.25, 0.3) is 0 Å². The Morgan fingerprint density at radius 3 is 2.75 bits per heavy atom. The Kier molecular flexibility index (Phi) is 2.84. The molecule has 0 N–H and O–H groups in total. The number of aromatic nitrogens is 1. The Morgan fingerprint density at radius 1 is 1.56 bits per heavy atom. The molecule has 2 rings (SSSR count). The van der Waals surface area contributed by atoms with Crippen LogP contribution in [0.2, 0.25) is 0 Å². The summed E-state index contributed by atoms with van der Waals surface area (Å²) in [6.45, 7) is 0. The van der Waals surface area contributed by atoms with Crippen LogP contribution in [-0.2, 0) is 15.5 Å². The van der Waals surface area contributed by atoms with Gasteiger partial charge in [-0.05, 0) is 25.3 Å². The van der Waals surface area contributed by atoms with Gasteiger partial charge in [0.25, 0.3) is 0 Å². The van der Waals surface area contributed by atoms with Gasteiger partial charge < -0.3 is 4.74 Å². The fourth-order valence-corrected chi connectivity index (χ4v) is 3.28. The number of hydrogen-bond acceptors (Lipinski definition) is 4. The smallest absolute Gasteiger partial charge is 0.238 e. The summed E-state index contributed by atoms with van der Waals surface area (Å²) in [6.07, 6.45) is 4.82. The van der Waals surface area contributed by atoms with Crippen LogP contribution < -0.4 is 4.74 Å². The average molecular weight is 262 g/mol. The predicted molar refractivity (Wildman–Crippen MR) is 61.2 cm³/mol. The standard InChI is InChI=1S/C10H12ClNO3S/c1-15-9-2-5-12-7-8(9)6-10(3-4-10)16(11,13)14/h2,5,7H,3-4,6H2,1H3. The van der Waals surface area contributed by atoms with Crippen LogP contribution >= 0.6 is 10.7 Å². The van der Waals surface area contributed by atoms with E-state index in [0.717, 1.165) is 5.56 Å². The number of hydrogen-bond donors (Lipinski definition) is 0. The minimum atomic E-state index is -3.53. The van der Waals surface area contributed by atoms with Crippen molar-refractivity contribution in [1.29, 1.82) is 0 Å². The topological polar surface area (TPSA) is 56.3 Å². The van der Waals surface area contributed by atoms with Crippen molar-refractivity contribution in [3.05, 3.63) is 24.0 Å². The van der Waals surface area contributed by atoms with E-state index >= 15 is 0 Å². The highest BCUT2D eigenvalue weighted by atomic mass is 35.7. The van der Waals surface area contributed by atoms with Crippen LogP contribution in [-0.4, -0.2) is 25.3 Å². The summed E-state index contributed by atoms with van der Waals surface area (Å²) in [5, 5.41) is 0. The minimum absolute atomic E-state index is 0.371. The fourth-order valence-electron chi connectivity index (χ4n) is 1.74. The second kappa shape index (κ2) is 3.89. The van der Waals surface area contributed by atoms with Crippen LogP contribution in [0.15, 0.2) is 18.5 Å². The van der Waals surface area contributed by atoms with Gasteiger partial charge in [0.2, 0.25) is 9.05 Å². The molecule has 1 saturated carbocycles. The zero-order valence-corrected chi connectivity index (χ0v) is 10.4. The molecule has 0 unspecified atom stereocenters. The molecule has 1 aromatic rings. The number of rotatable bonds is 4. The molecule has 6 heteroatoms. The highest BCUT2D eigenvalue weighted by molar-refractivity contribution is 8.15. The first-order valence-electron chi connectivity index (χ1n) is 4.90. The SMILES string of the molecule is COc1ccncc1CC1(S(=O)(=O)Cl)CC1. The lowest BCUT2D eigenvalue weighted by Crippen LogP contribution is -2.21. The van der Waals surface area contributed by atoms with E-state index in [0.29, 0.717) is 25.0 Å². The van der Waals surface area contributed by atoms with Gasteiger partial charge in [0, 0.05) is 28.6 Å². The Hall–Kier alpha value is -0.810. The van der Waals surface area contributed by atoms with Crippen LogP contribution in [0, 0.1) is 0 Å². The van der Waals surface area contributed by atoms with E-state index in [-0.39, 0.29) is 0 Å². The van der Waals surface area contributed by atoms with Crippen molar-refractivity contribution < 1.29 is 13.2 Å². The molecule has 88 valence electrons. The molecule has 0 aliphatic heterocycles. The Labute approximate surface area is 99.0 Å². The van der Waals surface area contributed by atoms with Gasteiger partial charge in [0.15, 0.2) is 0 Å². The molecule has 1 fully saturated rings. The molecule has 0 radical (unpaired) electrons. The van der Waals surface area contributed by atoms with Crippen molar-refractivity contribution in [1.82, 2.24) is 4.98 Å². The summed E-state index contributed by atoms with van der Waals surface area (Å²) in [5.74, 6) is 0.654. The molecule has 0 bridgehead atoms. The lowest BCUT2D eigenvalue weighted by Gasteiger charge is -2.13. The molecular weight excluding hydrogens is 250 g/mol. The van der Waals surface area contributed by atoms with Gasteiger partial charge >= 0.3 is 0 Å². The molecule has 1 heterocycles. The van der Waals surface area contributed by atoms with Crippen LogP contribution in [0.1, 0.15) is 18.4 Å². The van der Waals surface area contributed by atoms with Gasteiger partial charge in [-0.2, -0.15) is 0 Å². The summed E-state index contributed by atoms with van der Waals surface area (Å²) in [4.78, 5) is 3.97. The first-order valence-corrected chi connectivity index (χ1v) is 7.20. The summed E-state index contributed by atoms with van der Waals surface area (Å²) >= 11 is 0. The second-order valence-corrected chi connectivity index (χ2v) is 6.95. The third-order valence-electron chi connectivity index (χ3n) is 2.92. The number of methoxy groups -OCH3 is 1. The monoisotopic (exact) mass is 261 g/mol. The molecule has 0 saturated heterocycles. The Balaban J connectivity index is 2.28. The Bertz CT molecular complexity index is 497. The lowest BCUT2D eigenvalue weighted by molar-refractivity contribution is 0.408. The van der Waals surface area contributed by atoms with E-state index in [2.05, 4.69) is 4.98 Å². The zero-order chi connectivity index (χ0) is 11.8. The van der Waals surface area contributed by atoms with Crippen molar-refractivity contribution in [2.45, 2.75) is 24.0 Å².